The van der Waals surface area contributed by atoms with Gasteiger partial charge in [0.1, 0.15) is 17.7 Å². The van der Waals surface area contributed by atoms with E-state index in [4.69, 9.17) is 4.74 Å². The van der Waals surface area contributed by atoms with Gasteiger partial charge in [-0.2, -0.15) is 0 Å². The molecule has 0 amide bonds. The SMILES string of the molecule is O=C(O)C1(N2CCN(c3ncncc3Br)CC2)CCOC1. The first kappa shape index (κ1) is 14.7. The molecule has 1 N–H and O–H groups in total. The van der Waals surface area contributed by atoms with Crippen LogP contribution in [-0.2, 0) is 9.53 Å². The highest BCUT2D eigenvalue weighted by Gasteiger charge is 2.48. The van der Waals surface area contributed by atoms with Crippen LogP contribution in [0.4, 0.5) is 5.82 Å². The van der Waals surface area contributed by atoms with Gasteiger partial charge in [-0.25, -0.2) is 9.97 Å². The van der Waals surface area contributed by atoms with Crippen LogP contribution in [-0.4, -0.2) is 70.9 Å². The van der Waals surface area contributed by atoms with E-state index in [9.17, 15) is 9.90 Å². The Kier molecular flexibility index (Phi) is 4.10. The number of halogens is 1. The van der Waals surface area contributed by atoms with E-state index >= 15 is 0 Å². The van der Waals surface area contributed by atoms with Crippen molar-refractivity contribution in [2.75, 3.05) is 44.3 Å². The number of carbonyl (C=O) groups is 1. The molecule has 3 heterocycles. The third kappa shape index (κ3) is 2.63. The quantitative estimate of drug-likeness (QED) is 0.849. The van der Waals surface area contributed by atoms with Crippen molar-refractivity contribution in [2.45, 2.75) is 12.0 Å². The molecule has 1 atom stereocenters. The van der Waals surface area contributed by atoms with Gasteiger partial charge in [0.2, 0.25) is 0 Å². The van der Waals surface area contributed by atoms with E-state index in [0.717, 1.165) is 23.4 Å². The minimum atomic E-state index is -0.852. The maximum Gasteiger partial charge on any atom is 0.326 e. The predicted molar refractivity (Wildman–Crippen MR) is 79.3 cm³/mol. The third-order valence-electron chi connectivity index (χ3n) is 4.23. The van der Waals surface area contributed by atoms with Gasteiger partial charge < -0.3 is 14.7 Å². The van der Waals surface area contributed by atoms with Gasteiger partial charge in [0.25, 0.3) is 0 Å². The third-order valence-corrected chi connectivity index (χ3v) is 4.79. The monoisotopic (exact) mass is 356 g/mol. The highest BCUT2D eigenvalue weighted by Crippen LogP contribution is 2.30. The molecule has 114 valence electrons. The van der Waals surface area contributed by atoms with E-state index in [1.54, 1.807) is 6.20 Å². The fraction of sp³-hybridized carbons (Fsp3) is 0.615. The molecular formula is C13H17BrN4O3. The maximum absolute atomic E-state index is 11.7. The molecule has 2 aliphatic heterocycles. The van der Waals surface area contributed by atoms with Crippen molar-refractivity contribution < 1.29 is 14.6 Å². The van der Waals surface area contributed by atoms with Gasteiger partial charge in [-0.15, -0.1) is 0 Å². The molecule has 0 aromatic carbocycles. The molecule has 2 aliphatic rings. The van der Waals surface area contributed by atoms with Crippen LogP contribution in [0.2, 0.25) is 0 Å². The maximum atomic E-state index is 11.7. The molecule has 3 rings (SSSR count). The molecule has 21 heavy (non-hydrogen) atoms. The second kappa shape index (κ2) is 5.86. The van der Waals surface area contributed by atoms with Crippen molar-refractivity contribution in [3.8, 4) is 0 Å². The van der Waals surface area contributed by atoms with Crippen LogP contribution in [0, 0.1) is 0 Å². The van der Waals surface area contributed by atoms with Gasteiger partial charge in [0, 0.05) is 45.4 Å². The summed E-state index contributed by atoms with van der Waals surface area (Å²) < 4.78 is 6.20. The molecular weight excluding hydrogens is 340 g/mol. The van der Waals surface area contributed by atoms with E-state index in [2.05, 4.69) is 30.8 Å². The number of carboxylic acids is 1. The van der Waals surface area contributed by atoms with Gasteiger partial charge in [-0.3, -0.25) is 9.69 Å². The molecule has 0 saturated carbocycles. The number of piperazine rings is 1. The molecule has 2 fully saturated rings. The molecule has 2 saturated heterocycles. The summed E-state index contributed by atoms with van der Waals surface area (Å²) in [5, 5.41) is 9.58. The minimum Gasteiger partial charge on any atom is -0.480 e. The molecule has 1 unspecified atom stereocenters. The van der Waals surface area contributed by atoms with Crippen LogP contribution in [0.1, 0.15) is 6.42 Å². The molecule has 0 spiro atoms. The van der Waals surface area contributed by atoms with E-state index in [0.29, 0.717) is 26.1 Å². The Balaban J connectivity index is 1.70. The van der Waals surface area contributed by atoms with Crippen LogP contribution in [0.5, 0.6) is 0 Å². The summed E-state index contributed by atoms with van der Waals surface area (Å²) in [6.45, 7) is 3.65. The fourth-order valence-corrected chi connectivity index (χ4v) is 3.46. The van der Waals surface area contributed by atoms with Gasteiger partial charge in [-0.05, 0) is 15.9 Å². The van der Waals surface area contributed by atoms with Crippen LogP contribution in [0.25, 0.3) is 0 Å². The summed E-state index contributed by atoms with van der Waals surface area (Å²) in [7, 11) is 0. The van der Waals surface area contributed by atoms with Crippen molar-refractivity contribution >= 4 is 27.7 Å². The Morgan fingerprint density at radius 3 is 2.71 bits per heavy atom. The van der Waals surface area contributed by atoms with Crippen LogP contribution in [0.15, 0.2) is 17.0 Å². The predicted octanol–water partition coefficient (Wildman–Crippen LogP) is 0.605. The second-order valence-electron chi connectivity index (χ2n) is 5.31. The Morgan fingerprint density at radius 1 is 1.38 bits per heavy atom. The molecule has 1 aromatic rings. The van der Waals surface area contributed by atoms with E-state index in [1.807, 2.05) is 4.90 Å². The largest absolute Gasteiger partial charge is 0.480 e. The number of hydrogen-bond acceptors (Lipinski definition) is 6. The van der Waals surface area contributed by atoms with Crippen molar-refractivity contribution in [3.63, 3.8) is 0 Å². The number of rotatable bonds is 3. The first-order valence-electron chi connectivity index (χ1n) is 6.90. The number of nitrogens with zero attached hydrogens (tertiary/aromatic N) is 4. The standard InChI is InChI=1S/C13H17BrN4O3/c14-10-7-15-9-16-11(10)17-2-4-18(5-3-17)13(12(19)20)1-6-21-8-13/h7,9H,1-6,8H2,(H,19,20). The minimum absolute atomic E-state index is 0.277. The zero-order chi connectivity index (χ0) is 14.9. The Hall–Kier alpha value is -1.25. The van der Waals surface area contributed by atoms with Crippen LogP contribution < -0.4 is 4.90 Å². The van der Waals surface area contributed by atoms with Gasteiger partial charge in [-0.1, -0.05) is 0 Å². The van der Waals surface area contributed by atoms with Gasteiger partial charge in [0.15, 0.2) is 0 Å². The summed E-state index contributed by atoms with van der Waals surface area (Å²) in [6, 6.07) is 0. The lowest BCUT2D eigenvalue weighted by molar-refractivity contribution is -0.152. The zero-order valence-corrected chi connectivity index (χ0v) is 13.1. The highest BCUT2D eigenvalue weighted by atomic mass is 79.9. The number of ether oxygens (including phenoxy) is 1. The smallest absolute Gasteiger partial charge is 0.326 e. The number of hydrogen-bond donors (Lipinski definition) is 1. The molecule has 8 heteroatoms. The Bertz CT molecular complexity index is 528. The Labute approximate surface area is 131 Å². The van der Waals surface area contributed by atoms with Crippen molar-refractivity contribution in [2.24, 2.45) is 0 Å². The van der Waals surface area contributed by atoms with Gasteiger partial charge in [0.05, 0.1) is 11.1 Å². The van der Waals surface area contributed by atoms with Crippen LogP contribution >= 0.6 is 15.9 Å². The zero-order valence-electron chi connectivity index (χ0n) is 11.5. The summed E-state index contributed by atoms with van der Waals surface area (Å²) in [4.78, 5) is 24.1. The number of aliphatic carboxylic acids is 1. The highest BCUT2D eigenvalue weighted by molar-refractivity contribution is 9.10. The Morgan fingerprint density at radius 2 is 2.14 bits per heavy atom. The van der Waals surface area contributed by atoms with Crippen molar-refractivity contribution in [1.82, 2.24) is 14.9 Å². The lowest BCUT2D eigenvalue weighted by Gasteiger charge is -2.43. The lowest BCUT2D eigenvalue weighted by atomic mass is 9.95. The summed E-state index contributed by atoms with van der Waals surface area (Å²) >= 11 is 3.45. The normalized spacial score (nSPS) is 27.0. The number of carboxylic acid groups (broad SMARTS) is 1. The van der Waals surface area contributed by atoms with Crippen LogP contribution in [0.3, 0.4) is 0 Å². The van der Waals surface area contributed by atoms with Crippen molar-refractivity contribution in [3.05, 3.63) is 17.0 Å². The summed E-state index contributed by atoms with van der Waals surface area (Å²) in [5.41, 5.74) is -0.852. The number of aromatic nitrogens is 2. The first-order valence-corrected chi connectivity index (χ1v) is 7.69. The van der Waals surface area contributed by atoms with E-state index in [-0.39, 0.29) is 6.61 Å². The average Bonchev–Trinajstić information content (AvgIpc) is 2.99. The topological polar surface area (TPSA) is 78.8 Å². The second-order valence-corrected chi connectivity index (χ2v) is 6.16. The average molecular weight is 357 g/mol. The number of anilines is 1. The molecule has 1 aromatic heterocycles. The molecule has 7 nitrogen and oxygen atoms in total. The molecule has 0 bridgehead atoms. The fourth-order valence-electron chi connectivity index (χ4n) is 2.99. The first-order chi connectivity index (χ1) is 10.1. The lowest BCUT2D eigenvalue weighted by Crippen LogP contribution is -2.61. The van der Waals surface area contributed by atoms with E-state index < -0.39 is 11.5 Å². The molecule has 0 radical (unpaired) electrons. The van der Waals surface area contributed by atoms with E-state index in [1.165, 1.54) is 6.33 Å². The van der Waals surface area contributed by atoms with Crippen molar-refractivity contribution in [1.29, 1.82) is 0 Å². The molecule has 0 aliphatic carbocycles. The summed E-state index contributed by atoms with van der Waals surface area (Å²) in [5.74, 6) is 0.0772. The van der Waals surface area contributed by atoms with Gasteiger partial charge >= 0.3 is 5.97 Å². The summed E-state index contributed by atoms with van der Waals surface area (Å²) in [6.07, 6.45) is 3.80.